The summed E-state index contributed by atoms with van der Waals surface area (Å²) in [6, 6.07) is 0. The third kappa shape index (κ3) is 13.4. The van der Waals surface area contributed by atoms with Crippen molar-refractivity contribution >= 4 is 0 Å². The standard InChI is InChI=1S/C21H44/c1-16(2)10-9-11-18(5)13-20(7)15-21(8)14-19(6)12-17(3)4/h16-21H,9-15H2,1-8H3. The fraction of sp³-hybridized carbons (Fsp3) is 1.00. The number of hydrogen-bond donors (Lipinski definition) is 0. The highest BCUT2D eigenvalue weighted by Gasteiger charge is 2.15. The monoisotopic (exact) mass is 296 g/mol. The van der Waals surface area contributed by atoms with Gasteiger partial charge in [0.25, 0.3) is 0 Å². The van der Waals surface area contributed by atoms with Crippen LogP contribution in [0.1, 0.15) is 100 Å². The van der Waals surface area contributed by atoms with Gasteiger partial charge in [0.1, 0.15) is 0 Å². The zero-order valence-electron chi connectivity index (χ0n) is 16.4. The van der Waals surface area contributed by atoms with E-state index >= 15 is 0 Å². The van der Waals surface area contributed by atoms with Crippen molar-refractivity contribution in [2.24, 2.45) is 35.5 Å². The first-order valence-corrected chi connectivity index (χ1v) is 9.70. The van der Waals surface area contributed by atoms with Crippen LogP contribution in [0, 0.1) is 35.5 Å². The van der Waals surface area contributed by atoms with Crippen molar-refractivity contribution in [2.45, 2.75) is 100 Å². The van der Waals surface area contributed by atoms with E-state index in [1.165, 1.54) is 44.9 Å². The molecule has 0 bridgehead atoms. The third-order valence-electron chi connectivity index (χ3n) is 4.77. The minimum absolute atomic E-state index is 0.852. The SMILES string of the molecule is CC(C)CCCC(C)CC(C)CC(C)CC(C)CC(C)C. The first-order chi connectivity index (χ1) is 9.70. The lowest BCUT2D eigenvalue weighted by molar-refractivity contribution is 0.283. The highest BCUT2D eigenvalue weighted by molar-refractivity contribution is 4.67. The molecule has 0 aromatic carbocycles. The number of hydrogen-bond acceptors (Lipinski definition) is 0. The van der Waals surface area contributed by atoms with Crippen molar-refractivity contribution in [1.82, 2.24) is 0 Å². The summed E-state index contributed by atoms with van der Waals surface area (Å²) in [7, 11) is 0. The summed E-state index contributed by atoms with van der Waals surface area (Å²) in [5.41, 5.74) is 0. The van der Waals surface area contributed by atoms with Crippen molar-refractivity contribution in [1.29, 1.82) is 0 Å². The lowest BCUT2D eigenvalue weighted by atomic mass is 9.83. The van der Waals surface area contributed by atoms with Crippen LogP contribution >= 0.6 is 0 Å². The molecule has 0 aromatic heterocycles. The van der Waals surface area contributed by atoms with Crippen LogP contribution < -0.4 is 0 Å². The van der Waals surface area contributed by atoms with Crippen LogP contribution in [0.15, 0.2) is 0 Å². The van der Waals surface area contributed by atoms with Gasteiger partial charge in [-0.1, -0.05) is 74.7 Å². The Balaban J connectivity index is 3.82. The lowest BCUT2D eigenvalue weighted by Gasteiger charge is -2.23. The van der Waals surface area contributed by atoms with Crippen molar-refractivity contribution in [3.05, 3.63) is 0 Å². The molecule has 0 aliphatic heterocycles. The van der Waals surface area contributed by atoms with Gasteiger partial charge < -0.3 is 0 Å². The molecular formula is C21H44. The van der Waals surface area contributed by atoms with Crippen LogP contribution in [0.25, 0.3) is 0 Å². The summed E-state index contributed by atoms with van der Waals surface area (Å²) in [5.74, 6) is 5.34. The highest BCUT2D eigenvalue weighted by Crippen LogP contribution is 2.28. The second-order valence-corrected chi connectivity index (χ2v) is 9.08. The van der Waals surface area contributed by atoms with Gasteiger partial charge in [-0.15, -0.1) is 0 Å². The Morgan fingerprint density at radius 2 is 0.857 bits per heavy atom. The number of rotatable bonds is 12. The lowest BCUT2D eigenvalue weighted by Crippen LogP contribution is -2.11. The summed E-state index contributed by atoms with van der Waals surface area (Å²) < 4.78 is 0. The van der Waals surface area contributed by atoms with E-state index in [9.17, 15) is 0 Å². The van der Waals surface area contributed by atoms with E-state index < -0.39 is 0 Å². The normalized spacial score (nSPS) is 18.0. The minimum atomic E-state index is 0.852. The molecule has 0 saturated heterocycles. The highest BCUT2D eigenvalue weighted by atomic mass is 14.2. The Hall–Kier alpha value is 0. The molecule has 4 atom stereocenters. The molecule has 0 heteroatoms. The predicted molar refractivity (Wildman–Crippen MR) is 98.7 cm³/mol. The second kappa shape index (κ2) is 11.6. The van der Waals surface area contributed by atoms with E-state index in [0.717, 1.165) is 35.5 Å². The molecule has 21 heavy (non-hydrogen) atoms. The van der Waals surface area contributed by atoms with Crippen LogP contribution in [0.3, 0.4) is 0 Å². The zero-order chi connectivity index (χ0) is 16.4. The largest absolute Gasteiger partial charge is 0.0628 e. The maximum Gasteiger partial charge on any atom is -0.0438 e. The molecule has 0 aliphatic carbocycles. The molecule has 0 saturated carbocycles. The summed E-state index contributed by atoms with van der Waals surface area (Å²) >= 11 is 0. The van der Waals surface area contributed by atoms with Crippen LogP contribution in [0.2, 0.25) is 0 Å². The van der Waals surface area contributed by atoms with E-state index in [2.05, 4.69) is 55.4 Å². The molecule has 0 amide bonds. The van der Waals surface area contributed by atoms with Gasteiger partial charge in [-0.25, -0.2) is 0 Å². The molecule has 0 heterocycles. The van der Waals surface area contributed by atoms with E-state index in [1.54, 1.807) is 0 Å². The van der Waals surface area contributed by atoms with Gasteiger partial charge in [-0.3, -0.25) is 0 Å². The maximum absolute atomic E-state index is 2.47. The minimum Gasteiger partial charge on any atom is -0.0628 e. The average Bonchev–Trinajstić information content (AvgIpc) is 2.25. The van der Waals surface area contributed by atoms with Crippen molar-refractivity contribution in [3.63, 3.8) is 0 Å². The summed E-state index contributed by atoms with van der Waals surface area (Å²) in [4.78, 5) is 0. The van der Waals surface area contributed by atoms with Crippen molar-refractivity contribution in [2.75, 3.05) is 0 Å². The molecule has 4 unspecified atom stereocenters. The summed E-state index contributed by atoms with van der Waals surface area (Å²) in [6.07, 6.45) is 9.93. The summed E-state index contributed by atoms with van der Waals surface area (Å²) in [6.45, 7) is 19.2. The fourth-order valence-electron chi connectivity index (χ4n) is 4.15. The first-order valence-electron chi connectivity index (χ1n) is 9.70. The van der Waals surface area contributed by atoms with Gasteiger partial charge in [-0.05, 0) is 61.2 Å². The second-order valence-electron chi connectivity index (χ2n) is 9.08. The molecule has 0 aromatic rings. The quantitative estimate of drug-likeness (QED) is 0.348. The third-order valence-corrected chi connectivity index (χ3v) is 4.77. The molecule has 0 spiro atoms. The first kappa shape index (κ1) is 21.0. The summed E-state index contributed by atoms with van der Waals surface area (Å²) in [5, 5.41) is 0. The van der Waals surface area contributed by atoms with Gasteiger partial charge in [-0.2, -0.15) is 0 Å². The van der Waals surface area contributed by atoms with Crippen LogP contribution in [-0.4, -0.2) is 0 Å². The molecule has 0 fully saturated rings. The van der Waals surface area contributed by atoms with Gasteiger partial charge in [0.2, 0.25) is 0 Å². The topological polar surface area (TPSA) is 0 Å². The zero-order valence-corrected chi connectivity index (χ0v) is 16.4. The fourth-order valence-corrected chi connectivity index (χ4v) is 4.15. The molecule has 0 nitrogen and oxygen atoms in total. The Morgan fingerprint density at radius 1 is 0.429 bits per heavy atom. The molecule has 0 rings (SSSR count). The van der Waals surface area contributed by atoms with Gasteiger partial charge in [0.15, 0.2) is 0 Å². The molecule has 0 N–H and O–H groups in total. The maximum atomic E-state index is 2.47. The van der Waals surface area contributed by atoms with Crippen LogP contribution in [0.5, 0.6) is 0 Å². The Morgan fingerprint density at radius 3 is 1.29 bits per heavy atom. The van der Waals surface area contributed by atoms with Gasteiger partial charge >= 0.3 is 0 Å². The predicted octanol–water partition coefficient (Wildman–Crippen LogP) is 7.57. The average molecular weight is 297 g/mol. The van der Waals surface area contributed by atoms with Crippen LogP contribution in [0.4, 0.5) is 0 Å². The Bertz CT molecular complexity index is 228. The van der Waals surface area contributed by atoms with Crippen LogP contribution in [-0.2, 0) is 0 Å². The van der Waals surface area contributed by atoms with E-state index in [-0.39, 0.29) is 0 Å². The molecule has 0 radical (unpaired) electrons. The van der Waals surface area contributed by atoms with E-state index in [4.69, 9.17) is 0 Å². The Labute approximate surface area is 136 Å². The van der Waals surface area contributed by atoms with E-state index in [0.29, 0.717) is 0 Å². The molecule has 128 valence electrons. The van der Waals surface area contributed by atoms with Crippen molar-refractivity contribution in [3.8, 4) is 0 Å². The molecule has 0 aliphatic rings. The Kier molecular flexibility index (Phi) is 11.6. The van der Waals surface area contributed by atoms with Gasteiger partial charge in [0, 0.05) is 0 Å². The van der Waals surface area contributed by atoms with Gasteiger partial charge in [0.05, 0.1) is 0 Å². The smallest absolute Gasteiger partial charge is 0.0438 e. The van der Waals surface area contributed by atoms with E-state index in [1.807, 2.05) is 0 Å². The van der Waals surface area contributed by atoms with Crippen molar-refractivity contribution < 1.29 is 0 Å². The molecular weight excluding hydrogens is 252 g/mol.